The fraction of sp³-hybridized carbons (Fsp3) is 0.385. The Morgan fingerprint density at radius 3 is 2.89 bits per heavy atom. The van der Waals surface area contributed by atoms with E-state index < -0.39 is 23.5 Å². The van der Waals surface area contributed by atoms with E-state index in [4.69, 9.17) is 9.84 Å². The molecule has 0 bridgehead atoms. The minimum atomic E-state index is -1.64. The maximum Gasteiger partial charge on any atom is 0.278 e. The average molecular weight is 264 g/mol. The van der Waals surface area contributed by atoms with Crippen molar-refractivity contribution in [3.63, 3.8) is 0 Å². The van der Waals surface area contributed by atoms with E-state index in [9.17, 15) is 9.59 Å². The Labute approximate surface area is 110 Å². The van der Waals surface area contributed by atoms with Crippen LogP contribution in [-0.4, -0.2) is 35.2 Å². The maximum absolute atomic E-state index is 12.1. The van der Waals surface area contributed by atoms with Gasteiger partial charge in [-0.25, -0.2) is 0 Å². The summed E-state index contributed by atoms with van der Waals surface area (Å²) in [6, 6.07) is 6.44. The summed E-state index contributed by atoms with van der Waals surface area (Å²) in [5.74, 6) is -0.675. The number of hydrogen-bond donors (Lipinski definition) is 3. The molecule has 102 valence electrons. The standard InChI is InChI=1S/C13H16N2O4/c1-8(7-16)14-11(17)13(2)12(18)15-9-5-3-4-6-10(9)19-13/h3-6,8,16H,7H2,1-2H3,(H,14,17)(H,15,18). The van der Waals surface area contributed by atoms with Crippen LogP contribution in [0.4, 0.5) is 5.69 Å². The van der Waals surface area contributed by atoms with E-state index in [1.165, 1.54) is 6.92 Å². The van der Waals surface area contributed by atoms with Crippen molar-refractivity contribution < 1.29 is 19.4 Å². The molecule has 2 rings (SSSR count). The van der Waals surface area contributed by atoms with Crippen LogP contribution in [0.1, 0.15) is 13.8 Å². The number of hydrogen-bond acceptors (Lipinski definition) is 4. The second-order valence-electron chi connectivity index (χ2n) is 4.64. The molecule has 0 radical (unpaired) electrons. The number of benzene rings is 1. The summed E-state index contributed by atoms with van der Waals surface area (Å²) in [6.45, 7) is 2.83. The van der Waals surface area contributed by atoms with Gasteiger partial charge < -0.3 is 20.5 Å². The molecule has 6 heteroatoms. The molecule has 6 nitrogen and oxygen atoms in total. The van der Waals surface area contributed by atoms with Gasteiger partial charge >= 0.3 is 0 Å². The van der Waals surface area contributed by atoms with E-state index in [0.717, 1.165) is 0 Å². The van der Waals surface area contributed by atoms with Gasteiger partial charge in [0.15, 0.2) is 0 Å². The van der Waals surface area contributed by atoms with Crippen LogP contribution >= 0.6 is 0 Å². The summed E-state index contributed by atoms with van der Waals surface area (Å²) in [5, 5.41) is 14.1. The highest BCUT2D eigenvalue weighted by Crippen LogP contribution is 2.33. The van der Waals surface area contributed by atoms with E-state index >= 15 is 0 Å². The minimum Gasteiger partial charge on any atom is -0.466 e. The molecule has 0 aromatic heterocycles. The topological polar surface area (TPSA) is 87.7 Å². The number of ether oxygens (including phenoxy) is 1. The number of aliphatic hydroxyl groups excluding tert-OH is 1. The molecule has 19 heavy (non-hydrogen) atoms. The summed E-state index contributed by atoms with van der Waals surface area (Å²) in [6.07, 6.45) is 0. The van der Waals surface area contributed by atoms with Crippen molar-refractivity contribution in [3.8, 4) is 5.75 Å². The van der Waals surface area contributed by atoms with E-state index in [0.29, 0.717) is 11.4 Å². The molecule has 3 N–H and O–H groups in total. The SMILES string of the molecule is CC(CO)NC(=O)C1(C)Oc2ccccc2NC1=O. The monoisotopic (exact) mass is 264 g/mol. The smallest absolute Gasteiger partial charge is 0.278 e. The van der Waals surface area contributed by atoms with Crippen LogP contribution in [0.3, 0.4) is 0 Å². The van der Waals surface area contributed by atoms with Crippen LogP contribution in [0.5, 0.6) is 5.75 Å². The highest BCUT2D eigenvalue weighted by molar-refractivity contribution is 6.15. The zero-order valence-corrected chi connectivity index (χ0v) is 10.8. The van der Waals surface area contributed by atoms with Gasteiger partial charge in [0.25, 0.3) is 17.4 Å². The van der Waals surface area contributed by atoms with Crippen molar-refractivity contribution in [3.05, 3.63) is 24.3 Å². The lowest BCUT2D eigenvalue weighted by molar-refractivity contribution is -0.147. The number of nitrogens with one attached hydrogen (secondary N) is 2. The first-order valence-electron chi connectivity index (χ1n) is 5.98. The molecule has 0 fully saturated rings. The highest BCUT2D eigenvalue weighted by Gasteiger charge is 2.47. The molecule has 1 aliphatic heterocycles. The lowest BCUT2D eigenvalue weighted by Crippen LogP contribution is -2.60. The van der Waals surface area contributed by atoms with Crippen LogP contribution in [0.25, 0.3) is 0 Å². The van der Waals surface area contributed by atoms with Crippen molar-refractivity contribution in [1.29, 1.82) is 0 Å². The summed E-state index contributed by atoms with van der Waals surface area (Å²) < 4.78 is 5.53. The maximum atomic E-state index is 12.1. The molecule has 0 saturated heterocycles. The molecule has 2 atom stereocenters. The van der Waals surface area contributed by atoms with Crippen molar-refractivity contribution in [1.82, 2.24) is 5.32 Å². The average Bonchev–Trinajstić information content (AvgIpc) is 2.39. The molecule has 0 saturated carbocycles. The Bertz CT molecular complexity index is 517. The third-order valence-corrected chi connectivity index (χ3v) is 2.97. The van der Waals surface area contributed by atoms with Crippen LogP contribution in [0, 0.1) is 0 Å². The number of carbonyl (C=O) groups excluding carboxylic acids is 2. The molecular formula is C13H16N2O4. The minimum absolute atomic E-state index is 0.208. The molecular weight excluding hydrogens is 248 g/mol. The van der Waals surface area contributed by atoms with Crippen molar-refractivity contribution in [2.24, 2.45) is 0 Å². The number of para-hydroxylation sites is 2. The van der Waals surface area contributed by atoms with E-state index in [-0.39, 0.29) is 6.61 Å². The Hall–Kier alpha value is -2.08. The predicted octanol–water partition coefficient (Wildman–Crippen LogP) is 0.273. The third kappa shape index (κ3) is 2.39. The van der Waals surface area contributed by atoms with Crippen molar-refractivity contribution in [2.75, 3.05) is 11.9 Å². The first-order valence-corrected chi connectivity index (χ1v) is 5.98. The Kier molecular flexibility index (Phi) is 3.44. The van der Waals surface area contributed by atoms with Gasteiger partial charge in [0, 0.05) is 6.04 Å². The first kappa shape index (κ1) is 13.4. The lowest BCUT2D eigenvalue weighted by Gasteiger charge is -2.33. The summed E-state index contributed by atoms with van der Waals surface area (Å²) in [4.78, 5) is 24.1. The highest BCUT2D eigenvalue weighted by atomic mass is 16.5. The van der Waals surface area contributed by atoms with Crippen molar-refractivity contribution in [2.45, 2.75) is 25.5 Å². The first-order chi connectivity index (χ1) is 8.97. The van der Waals surface area contributed by atoms with E-state index in [1.807, 2.05) is 0 Å². The van der Waals surface area contributed by atoms with Crippen LogP contribution in [0.2, 0.25) is 0 Å². The normalized spacial score (nSPS) is 22.8. The Balaban J connectivity index is 2.25. The zero-order chi connectivity index (χ0) is 14.0. The fourth-order valence-corrected chi connectivity index (χ4v) is 1.72. The second-order valence-corrected chi connectivity index (χ2v) is 4.64. The summed E-state index contributed by atoms with van der Waals surface area (Å²) in [5.41, 5.74) is -1.11. The number of amides is 2. The lowest BCUT2D eigenvalue weighted by atomic mass is 10.0. The third-order valence-electron chi connectivity index (χ3n) is 2.97. The second kappa shape index (κ2) is 4.89. The van der Waals surface area contributed by atoms with E-state index in [2.05, 4.69) is 10.6 Å². The van der Waals surface area contributed by atoms with Crippen LogP contribution in [0.15, 0.2) is 24.3 Å². The molecule has 0 spiro atoms. The summed E-state index contributed by atoms with van der Waals surface area (Å²) >= 11 is 0. The predicted molar refractivity (Wildman–Crippen MR) is 68.8 cm³/mol. The van der Waals surface area contributed by atoms with Gasteiger partial charge in [-0.15, -0.1) is 0 Å². The van der Waals surface area contributed by atoms with Gasteiger partial charge in [-0.3, -0.25) is 9.59 Å². The largest absolute Gasteiger partial charge is 0.466 e. The Morgan fingerprint density at radius 1 is 1.53 bits per heavy atom. The summed E-state index contributed by atoms with van der Waals surface area (Å²) in [7, 11) is 0. The number of aliphatic hydroxyl groups is 1. The quantitative estimate of drug-likeness (QED) is 0.684. The number of fused-ring (bicyclic) bond motifs is 1. The molecule has 0 aliphatic carbocycles. The molecule has 2 unspecified atom stereocenters. The molecule has 1 heterocycles. The molecule has 1 aliphatic rings. The van der Waals surface area contributed by atoms with Crippen LogP contribution in [-0.2, 0) is 9.59 Å². The van der Waals surface area contributed by atoms with Gasteiger partial charge in [0.2, 0.25) is 0 Å². The number of anilines is 1. The molecule has 1 aromatic carbocycles. The van der Waals surface area contributed by atoms with Crippen molar-refractivity contribution >= 4 is 17.5 Å². The van der Waals surface area contributed by atoms with Crippen LogP contribution < -0.4 is 15.4 Å². The van der Waals surface area contributed by atoms with Gasteiger partial charge in [0.1, 0.15) is 5.75 Å². The fourth-order valence-electron chi connectivity index (χ4n) is 1.72. The van der Waals surface area contributed by atoms with E-state index in [1.54, 1.807) is 31.2 Å². The zero-order valence-electron chi connectivity index (χ0n) is 10.8. The molecule has 1 aromatic rings. The number of rotatable bonds is 3. The van der Waals surface area contributed by atoms with Gasteiger partial charge in [-0.05, 0) is 26.0 Å². The molecule has 2 amide bonds. The van der Waals surface area contributed by atoms with Gasteiger partial charge in [0.05, 0.1) is 12.3 Å². The van der Waals surface area contributed by atoms with Gasteiger partial charge in [-0.2, -0.15) is 0 Å². The number of carbonyl (C=O) groups is 2. The Morgan fingerprint density at radius 2 is 2.21 bits per heavy atom. The van der Waals surface area contributed by atoms with Gasteiger partial charge in [-0.1, -0.05) is 12.1 Å².